The second-order valence-corrected chi connectivity index (χ2v) is 4.53. The zero-order chi connectivity index (χ0) is 13.8. The summed E-state index contributed by atoms with van der Waals surface area (Å²) in [6, 6.07) is 4.93. The number of nitrogens with one attached hydrogen (secondary N) is 1. The van der Waals surface area contributed by atoms with Gasteiger partial charge in [-0.25, -0.2) is 0 Å². The van der Waals surface area contributed by atoms with Crippen molar-refractivity contribution >= 4 is 17.4 Å². The summed E-state index contributed by atoms with van der Waals surface area (Å²) in [6.45, 7) is 0. The average molecular weight is 262 g/mol. The van der Waals surface area contributed by atoms with Crippen LogP contribution in [0.2, 0.25) is 0 Å². The molecule has 1 unspecified atom stereocenters. The Labute approximate surface area is 110 Å². The summed E-state index contributed by atoms with van der Waals surface area (Å²) in [5.41, 5.74) is 0.333. The van der Waals surface area contributed by atoms with Crippen molar-refractivity contribution in [2.75, 3.05) is 0 Å². The molecule has 1 N–H and O–H groups in total. The van der Waals surface area contributed by atoms with Crippen LogP contribution >= 0.6 is 0 Å². The van der Waals surface area contributed by atoms with E-state index in [1.165, 1.54) is 24.3 Å². The molecule has 1 heterocycles. The number of hydrogen-bond donors (Lipinski definition) is 1. The summed E-state index contributed by atoms with van der Waals surface area (Å²) in [6.07, 6.45) is 2.67. The zero-order valence-corrected chi connectivity index (χ0v) is 10.3. The number of carbonyl (C=O) groups is 2. The highest BCUT2D eigenvalue weighted by Gasteiger charge is 2.24. The SMILES string of the molecule is O=C1CCCCC(C(=O)c2ccc([N+](=O)[O-])cc2)N1. The van der Waals surface area contributed by atoms with Crippen LogP contribution in [0.5, 0.6) is 0 Å². The molecule has 2 rings (SSSR count). The van der Waals surface area contributed by atoms with Crippen LogP contribution < -0.4 is 5.32 Å². The van der Waals surface area contributed by atoms with Gasteiger partial charge in [-0.2, -0.15) is 0 Å². The number of nitrogens with zero attached hydrogens (tertiary/aromatic N) is 1. The monoisotopic (exact) mass is 262 g/mol. The van der Waals surface area contributed by atoms with Crippen molar-refractivity contribution < 1.29 is 14.5 Å². The molecular weight excluding hydrogens is 248 g/mol. The smallest absolute Gasteiger partial charge is 0.269 e. The Balaban J connectivity index is 2.14. The number of carbonyl (C=O) groups excluding carboxylic acids is 2. The van der Waals surface area contributed by atoms with Crippen molar-refractivity contribution in [3.8, 4) is 0 Å². The van der Waals surface area contributed by atoms with E-state index >= 15 is 0 Å². The van der Waals surface area contributed by atoms with E-state index in [0.29, 0.717) is 18.4 Å². The van der Waals surface area contributed by atoms with E-state index in [9.17, 15) is 19.7 Å². The number of ketones is 1. The van der Waals surface area contributed by atoms with Gasteiger partial charge in [0, 0.05) is 24.1 Å². The van der Waals surface area contributed by atoms with Gasteiger partial charge in [0.05, 0.1) is 11.0 Å². The lowest BCUT2D eigenvalue weighted by Gasteiger charge is -2.14. The molecule has 0 aromatic heterocycles. The van der Waals surface area contributed by atoms with Crippen LogP contribution in [0, 0.1) is 10.1 Å². The molecule has 6 nitrogen and oxygen atoms in total. The maximum Gasteiger partial charge on any atom is 0.269 e. The molecule has 6 heteroatoms. The first kappa shape index (κ1) is 13.2. The van der Waals surface area contributed by atoms with Gasteiger partial charge in [-0.1, -0.05) is 6.42 Å². The van der Waals surface area contributed by atoms with Gasteiger partial charge in [-0.3, -0.25) is 19.7 Å². The van der Waals surface area contributed by atoms with E-state index in [0.717, 1.165) is 12.8 Å². The third-order valence-electron chi connectivity index (χ3n) is 3.16. The van der Waals surface area contributed by atoms with E-state index in [2.05, 4.69) is 5.32 Å². The molecule has 0 spiro atoms. The second-order valence-electron chi connectivity index (χ2n) is 4.53. The largest absolute Gasteiger partial charge is 0.346 e. The number of hydrogen-bond acceptors (Lipinski definition) is 4. The standard InChI is InChI=1S/C13H14N2O4/c16-12-4-2-1-3-11(14-12)13(17)9-5-7-10(8-6-9)15(18)19/h5-8,11H,1-4H2,(H,14,16). The van der Waals surface area contributed by atoms with E-state index in [1.807, 2.05) is 0 Å². The quantitative estimate of drug-likeness (QED) is 0.511. The number of Topliss-reactive ketones (excluding diaryl/α,β-unsaturated/α-hetero) is 1. The Morgan fingerprint density at radius 1 is 1.26 bits per heavy atom. The van der Waals surface area contributed by atoms with Gasteiger partial charge in [0.15, 0.2) is 5.78 Å². The molecule has 1 fully saturated rings. The van der Waals surface area contributed by atoms with Crippen LogP contribution in [0.15, 0.2) is 24.3 Å². The Bertz CT molecular complexity index is 510. The van der Waals surface area contributed by atoms with E-state index < -0.39 is 11.0 Å². The van der Waals surface area contributed by atoms with Crippen LogP contribution in [0.3, 0.4) is 0 Å². The fourth-order valence-corrected chi connectivity index (χ4v) is 2.12. The fraction of sp³-hybridized carbons (Fsp3) is 0.385. The predicted molar refractivity (Wildman–Crippen MR) is 67.8 cm³/mol. The van der Waals surface area contributed by atoms with Gasteiger partial charge in [0.25, 0.3) is 5.69 Å². The van der Waals surface area contributed by atoms with Gasteiger partial charge in [-0.05, 0) is 25.0 Å². The topological polar surface area (TPSA) is 89.3 Å². The van der Waals surface area contributed by atoms with Crippen LogP contribution in [0.25, 0.3) is 0 Å². The molecule has 0 bridgehead atoms. The normalized spacial score (nSPS) is 19.4. The van der Waals surface area contributed by atoms with Crippen LogP contribution in [0.1, 0.15) is 36.0 Å². The van der Waals surface area contributed by atoms with Crippen LogP contribution in [-0.2, 0) is 4.79 Å². The van der Waals surface area contributed by atoms with Crippen LogP contribution in [0.4, 0.5) is 5.69 Å². The zero-order valence-electron chi connectivity index (χ0n) is 10.3. The Morgan fingerprint density at radius 2 is 1.95 bits per heavy atom. The molecule has 0 radical (unpaired) electrons. The van der Waals surface area contributed by atoms with Crippen molar-refractivity contribution in [1.29, 1.82) is 0 Å². The molecule has 19 heavy (non-hydrogen) atoms. The van der Waals surface area contributed by atoms with E-state index in [1.54, 1.807) is 0 Å². The first-order valence-corrected chi connectivity index (χ1v) is 6.16. The highest BCUT2D eigenvalue weighted by Crippen LogP contribution is 2.17. The lowest BCUT2D eigenvalue weighted by atomic mass is 10.0. The summed E-state index contributed by atoms with van der Waals surface area (Å²) in [5, 5.41) is 13.2. The number of benzene rings is 1. The third-order valence-corrected chi connectivity index (χ3v) is 3.16. The van der Waals surface area contributed by atoms with Crippen molar-refractivity contribution in [3.63, 3.8) is 0 Å². The minimum atomic E-state index is -0.517. The molecule has 100 valence electrons. The maximum absolute atomic E-state index is 12.2. The second kappa shape index (κ2) is 5.60. The Kier molecular flexibility index (Phi) is 3.89. The molecule has 1 aliphatic rings. The molecule has 0 aliphatic carbocycles. The van der Waals surface area contributed by atoms with Gasteiger partial charge < -0.3 is 5.32 Å². The average Bonchev–Trinajstić information content (AvgIpc) is 2.62. The molecular formula is C13H14N2O4. The molecule has 0 saturated carbocycles. The molecule has 1 aromatic rings. The predicted octanol–water partition coefficient (Wildman–Crippen LogP) is 1.84. The lowest BCUT2D eigenvalue weighted by molar-refractivity contribution is -0.384. The highest BCUT2D eigenvalue weighted by atomic mass is 16.6. The van der Waals surface area contributed by atoms with Gasteiger partial charge >= 0.3 is 0 Å². The summed E-state index contributed by atoms with van der Waals surface area (Å²) in [7, 11) is 0. The Hall–Kier alpha value is -2.24. The summed E-state index contributed by atoms with van der Waals surface area (Å²) >= 11 is 0. The highest BCUT2D eigenvalue weighted by molar-refractivity contribution is 6.02. The summed E-state index contributed by atoms with van der Waals surface area (Å²) in [4.78, 5) is 33.6. The number of nitro groups is 1. The third kappa shape index (κ3) is 3.15. The summed E-state index contributed by atoms with van der Waals surface area (Å²) in [5.74, 6) is -0.303. The van der Waals surface area contributed by atoms with Crippen molar-refractivity contribution in [2.24, 2.45) is 0 Å². The first-order valence-electron chi connectivity index (χ1n) is 6.16. The first-order chi connectivity index (χ1) is 9.08. The van der Waals surface area contributed by atoms with Gasteiger partial charge in [0.2, 0.25) is 5.91 Å². The minimum absolute atomic E-state index is 0.0542. The van der Waals surface area contributed by atoms with Crippen molar-refractivity contribution in [2.45, 2.75) is 31.7 Å². The fourth-order valence-electron chi connectivity index (χ4n) is 2.12. The molecule has 1 aliphatic heterocycles. The molecule has 1 amide bonds. The number of amides is 1. The van der Waals surface area contributed by atoms with Crippen LogP contribution in [-0.4, -0.2) is 22.7 Å². The minimum Gasteiger partial charge on any atom is -0.346 e. The molecule has 1 saturated heterocycles. The number of rotatable bonds is 3. The Morgan fingerprint density at radius 3 is 2.58 bits per heavy atom. The summed E-state index contributed by atoms with van der Waals surface area (Å²) < 4.78 is 0. The lowest BCUT2D eigenvalue weighted by Crippen LogP contribution is -2.39. The maximum atomic E-state index is 12.2. The van der Waals surface area contributed by atoms with Gasteiger partial charge in [0.1, 0.15) is 0 Å². The molecule has 1 atom stereocenters. The van der Waals surface area contributed by atoms with E-state index in [-0.39, 0.29) is 17.4 Å². The van der Waals surface area contributed by atoms with Crippen molar-refractivity contribution in [1.82, 2.24) is 5.32 Å². The molecule has 1 aromatic carbocycles. The van der Waals surface area contributed by atoms with Gasteiger partial charge in [-0.15, -0.1) is 0 Å². The van der Waals surface area contributed by atoms with Crippen molar-refractivity contribution in [3.05, 3.63) is 39.9 Å². The number of non-ortho nitro benzene ring substituents is 1. The van der Waals surface area contributed by atoms with E-state index in [4.69, 9.17) is 0 Å². The number of nitro benzene ring substituents is 1.